The fraction of sp³-hybridized carbons (Fsp3) is 0.591. The van der Waals surface area contributed by atoms with Crippen molar-refractivity contribution in [2.45, 2.75) is 65.5 Å². The monoisotopic (exact) mass is 389 g/mol. The van der Waals surface area contributed by atoms with Gasteiger partial charge >= 0.3 is 12.1 Å². The highest BCUT2D eigenvalue weighted by molar-refractivity contribution is 5.96. The fourth-order valence-electron chi connectivity index (χ4n) is 3.32. The summed E-state index contributed by atoms with van der Waals surface area (Å²) in [6.45, 7) is 9.42. The predicted octanol–water partition coefficient (Wildman–Crippen LogP) is 3.97. The Morgan fingerprint density at radius 2 is 1.89 bits per heavy atom. The number of hydrogen-bond donors (Lipinski definition) is 0. The Labute approximate surface area is 167 Å². The van der Waals surface area contributed by atoms with Gasteiger partial charge in [-0.1, -0.05) is 50.6 Å². The topological polar surface area (TPSA) is 72.9 Å². The van der Waals surface area contributed by atoms with Crippen molar-refractivity contribution < 1.29 is 23.9 Å². The van der Waals surface area contributed by atoms with Gasteiger partial charge in [0.2, 0.25) is 5.91 Å². The zero-order valence-corrected chi connectivity index (χ0v) is 17.4. The summed E-state index contributed by atoms with van der Waals surface area (Å²) in [5, 5.41) is 0. The first-order valence-electron chi connectivity index (χ1n) is 9.88. The molecule has 2 rings (SSSR count). The molecule has 0 aromatic heterocycles. The highest BCUT2D eigenvalue weighted by atomic mass is 16.6. The van der Waals surface area contributed by atoms with Gasteiger partial charge in [0.1, 0.15) is 12.2 Å². The van der Waals surface area contributed by atoms with Gasteiger partial charge in [0.15, 0.2) is 0 Å². The number of esters is 1. The number of ether oxygens (including phenoxy) is 2. The molecule has 0 N–H and O–H groups in total. The van der Waals surface area contributed by atoms with Gasteiger partial charge in [-0.2, -0.15) is 0 Å². The lowest BCUT2D eigenvalue weighted by Gasteiger charge is -2.29. The third-order valence-electron chi connectivity index (χ3n) is 4.97. The summed E-state index contributed by atoms with van der Waals surface area (Å²) in [5.74, 6) is -1.48. The van der Waals surface area contributed by atoms with Crippen LogP contribution in [0.15, 0.2) is 30.3 Å². The normalized spacial score (nSPS) is 19.1. The van der Waals surface area contributed by atoms with E-state index in [4.69, 9.17) is 9.47 Å². The second kappa shape index (κ2) is 9.22. The quantitative estimate of drug-likeness (QED) is 0.660. The van der Waals surface area contributed by atoms with Gasteiger partial charge in [-0.3, -0.25) is 9.59 Å². The number of benzene rings is 1. The van der Waals surface area contributed by atoms with E-state index >= 15 is 0 Å². The van der Waals surface area contributed by atoms with Gasteiger partial charge in [0.05, 0.1) is 18.4 Å². The maximum atomic E-state index is 13.3. The summed E-state index contributed by atoms with van der Waals surface area (Å²) >= 11 is 0. The lowest BCUT2D eigenvalue weighted by atomic mass is 9.87. The van der Waals surface area contributed by atoms with Crippen LogP contribution in [-0.4, -0.2) is 41.1 Å². The summed E-state index contributed by atoms with van der Waals surface area (Å²) in [7, 11) is 0. The highest BCUT2D eigenvalue weighted by Gasteiger charge is 2.42. The van der Waals surface area contributed by atoms with E-state index in [2.05, 4.69) is 0 Å². The van der Waals surface area contributed by atoms with Crippen LogP contribution >= 0.6 is 0 Å². The second-order valence-corrected chi connectivity index (χ2v) is 8.41. The Kier molecular flexibility index (Phi) is 7.22. The van der Waals surface area contributed by atoms with Crippen LogP contribution in [0.4, 0.5) is 4.79 Å². The molecule has 2 amide bonds. The zero-order chi connectivity index (χ0) is 20.9. The van der Waals surface area contributed by atoms with Crippen molar-refractivity contribution in [1.82, 2.24) is 4.90 Å². The van der Waals surface area contributed by atoms with Crippen LogP contribution in [-0.2, 0) is 25.5 Å². The Balaban J connectivity index is 2.18. The zero-order valence-electron chi connectivity index (χ0n) is 17.4. The molecule has 1 heterocycles. The molecule has 1 aliphatic rings. The van der Waals surface area contributed by atoms with Crippen LogP contribution in [0.1, 0.15) is 53.0 Å². The number of imide groups is 1. The van der Waals surface area contributed by atoms with Crippen LogP contribution < -0.4 is 0 Å². The second-order valence-electron chi connectivity index (χ2n) is 8.41. The third kappa shape index (κ3) is 5.81. The molecule has 1 saturated heterocycles. The van der Waals surface area contributed by atoms with E-state index in [1.54, 1.807) is 20.8 Å². The molecule has 1 fully saturated rings. The van der Waals surface area contributed by atoms with Gasteiger partial charge in [-0.15, -0.1) is 0 Å². The first kappa shape index (κ1) is 21.9. The van der Waals surface area contributed by atoms with E-state index in [1.807, 2.05) is 44.2 Å². The van der Waals surface area contributed by atoms with Gasteiger partial charge in [0.25, 0.3) is 0 Å². The molecule has 1 aliphatic heterocycles. The van der Waals surface area contributed by atoms with Crippen molar-refractivity contribution in [2.75, 3.05) is 6.61 Å². The first-order valence-corrected chi connectivity index (χ1v) is 9.88. The Hall–Kier alpha value is -2.37. The van der Waals surface area contributed by atoms with E-state index in [-0.39, 0.29) is 30.9 Å². The minimum absolute atomic E-state index is 0.0487. The van der Waals surface area contributed by atoms with E-state index in [1.165, 1.54) is 4.90 Å². The number of carbonyl (C=O) groups excluding carboxylic acids is 3. The van der Waals surface area contributed by atoms with Crippen molar-refractivity contribution in [2.24, 2.45) is 11.8 Å². The van der Waals surface area contributed by atoms with Gasteiger partial charge in [0, 0.05) is 0 Å². The Bertz CT molecular complexity index is 695. The minimum Gasteiger partial charge on any atom is -0.460 e. The van der Waals surface area contributed by atoms with Crippen molar-refractivity contribution >= 4 is 18.0 Å². The van der Waals surface area contributed by atoms with Gasteiger partial charge < -0.3 is 9.47 Å². The smallest absolute Gasteiger partial charge is 0.416 e. The molecule has 0 radical (unpaired) electrons. The Morgan fingerprint density at radius 3 is 2.46 bits per heavy atom. The number of carbonyl (C=O) groups is 3. The molecule has 3 unspecified atom stereocenters. The van der Waals surface area contributed by atoms with Crippen molar-refractivity contribution in [3.63, 3.8) is 0 Å². The maximum Gasteiger partial charge on any atom is 0.416 e. The lowest BCUT2D eigenvalue weighted by Crippen LogP contribution is -2.46. The summed E-state index contributed by atoms with van der Waals surface area (Å²) in [6.07, 6.45) is 0.555. The fourth-order valence-corrected chi connectivity index (χ4v) is 3.32. The minimum atomic E-state index is -0.636. The van der Waals surface area contributed by atoms with Crippen LogP contribution in [0, 0.1) is 11.8 Å². The number of amides is 2. The molecule has 0 aliphatic carbocycles. The van der Waals surface area contributed by atoms with Crippen molar-refractivity contribution in [3.05, 3.63) is 35.9 Å². The van der Waals surface area contributed by atoms with Gasteiger partial charge in [-0.05, 0) is 38.7 Å². The van der Waals surface area contributed by atoms with Crippen molar-refractivity contribution in [3.8, 4) is 0 Å². The van der Waals surface area contributed by atoms with E-state index in [0.29, 0.717) is 12.8 Å². The van der Waals surface area contributed by atoms with Crippen LogP contribution in [0.2, 0.25) is 0 Å². The molecule has 1 aromatic rings. The summed E-state index contributed by atoms with van der Waals surface area (Å²) < 4.78 is 10.6. The Morgan fingerprint density at radius 1 is 1.25 bits per heavy atom. The molecule has 0 saturated carbocycles. The van der Waals surface area contributed by atoms with Crippen LogP contribution in [0.3, 0.4) is 0 Å². The third-order valence-corrected chi connectivity index (χ3v) is 4.97. The number of rotatable bonds is 7. The predicted molar refractivity (Wildman–Crippen MR) is 106 cm³/mol. The van der Waals surface area contributed by atoms with E-state index in [0.717, 1.165) is 5.56 Å². The average molecular weight is 389 g/mol. The van der Waals surface area contributed by atoms with Crippen molar-refractivity contribution in [1.29, 1.82) is 0 Å². The van der Waals surface area contributed by atoms with Crippen LogP contribution in [0.5, 0.6) is 0 Å². The highest BCUT2D eigenvalue weighted by Crippen LogP contribution is 2.27. The molecule has 3 atom stereocenters. The molecular formula is C22H31NO5. The number of nitrogens with zero attached hydrogens (tertiary/aromatic N) is 1. The first-order chi connectivity index (χ1) is 13.1. The summed E-state index contributed by atoms with van der Waals surface area (Å²) in [5.41, 5.74) is 0.401. The maximum absolute atomic E-state index is 13.3. The van der Waals surface area contributed by atoms with E-state index in [9.17, 15) is 14.4 Å². The largest absolute Gasteiger partial charge is 0.460 e. The molecule has 6 nitrogen and oxygen atoms in total. The average Bonchev–Trinajstić information content (AvgIpc) is 2.98. The van der Waals surface area contributed by atoms with Crippen LogP contribution in [0.25, 0.3) is 0 Å². The summed E-state index contributed by atoms with van der Waals surface area (Å²) in [6, 6.07) is 9.30. The molecule has 154 valence electrons. The standard InChI is InChI=1S/C22H31NO5/c1-6-15(2)18(13-19(24)28-22(3,4)5)20(25)23-17(14-27-21(23)26)12-16-10-8-7-9-11-16/h7-11,15,17-18H,6,12-14H2,1-5H3. The molecular weight excluding hydrogens is 358 g/mol. The number of cyclic esters (lactones) is 1. The molecule has 28 heavy (non-hydrogen) atoms. The summed E-state index contributed by atoms with van der Waals surface area (Å²) in [4.78, 5) is 39.1. The van der Waals surface area contributed by atoms with E-state index < -0.39 is 23.6 Å². The SMILES string of the molecule is CCC(C)C(CC(=O)OC(C)(C)C)C(=O)N1C(=O)OCC1Cc1ccccc1. The number of hydrogen-bond acceptors (Lipinski definition) is 5. The molecule has 1 aromatic carbocycles. The lowest BCUT2D eigenvalue weighted by molar-refractivity contribution is -0.159. The molecule has 6 heteroatoms. The molecule has 0 spiro atoms. The van der Waals surface area contributed by atoms with Gasteiger partial charge in [-0.25, -0.2) is 9.69 Å². The molecule has 0 bridgehead atoms.